The molecule has 1 heterocycles. The normalized spacial score (nSPS) is 24.8. The van der Waals surface area contributed by atoms with Gasteiger partial charge in [0.25, 0.3) is 0 Å². The van der Waals surface area contributed by atoms with Crippen LogP contribution in [0.2, 0.25) is 0 Å². The van der Waals surface area contributed by atoms with Gasteiger partial charge in [0.15, 0.2) is 5.96 Å². The van der Waals surface area contributed by atoms with E-state index in [1.54, 1.807) is 0 Å². The molecule has 0 radical (unpaired) electrons. The van der Waals surface area contributed by atoms with Crippen molar-refractivity contribution in [1.29, 1.82) is 0 Å². The van der Waals surface area contributed by atoms with Crippen LogP contribution in [0.3, 0.4) is 0 Å². The van der Waals surface area contributed by atoms with E-state index in [-0.39, 0.29) is 29.9 Å². The van der Waals surface area contributed by atoms with Crippen molar-refractivity contribution in [3.8, 4) is 0 Å². The Morgan fingerprint density at radius 3 is 2.41 bits per heavy atom. The molecular weight excluding hydrogens is 453 g/mol. The molecule has 7 heteroatoms. The summed E-state index contributed by atoms with van der Waals surface area (Å²) < 4.78 is 0. The Hall–Kier alpha value is -0.570. The van der Waals surface area contributed by atoms with Crippen molar-refractivity contribution in [3.63, 3.8) is 0 Å². The highest BCUT2D eigenvalue weighted by Gasteiger charge is 2.30. The Balaban J connectivity index is 0.00000261. The first kappa shape index (κ1) is 22.7. The van der Waals surface area contributed by atoms with Crippen molar-refractivity contribution in [2.24, 2.45) is 4.99 Å². The molecule has 2 aliphatic carbocycles. The summed E-state index contributed by atoms with van der Waals surface area (Å²) in [5.41, 5.74) is 0. The van der Waals surface area contributed by atoms with Gasteiger partial charge in [0, 0.05) is 44.2 Å². The van der Waals surface area contributed by atoms with E-state index in [0.717, 1.165) is 37.9 Å². The van der Waals surface area contributed by atoms with Crippen molar-refractivity contribution in [2.45, 2.75) is 89.3 Å². The number of guanidine groups is 1. The van der Waals surface area contributed by atoms with Gasteiger partial charge in [-0.25, -0.2) is 0 Å². The van der Waals surface area contributed by atoms with E-state index in [1.807, 2.05) is 0 Å². The zero-order valence-corrected chi connectivity index (χ0v) is 19.2. The topological polar surface area (TPSA) is 68.8 Å². The molecule has 0 aromatic heterocycles. The third kappa shape index (κ3) is 7.40. The van der Waals surface area contributed by atoms with Crippen LogP contribution < -0.4 is 16.0 Å². The fourth-order valence-electron chi connectivity index (χ4n) is 4.66. The summed E-state index contributed by atoms with van der Waals surface area (Å²) in [7, 11) is 0. The molecule has 3 N–H and O–H groups in total. The van der Waals surface area contributed by atoms with Crippen molar-refractivity contribution in [2.75, 3.05) is 26.2 Å². The second-order valence-corrected chi connectivity index (χ2v) is 8.12. The van der Waals surface area contributed by atoms with Crippen molar-refractivity contribution < 1.29 is 4.79 Å². The van der Waals surface area contributed by atoms with Gasteiger partial charge in [-0.15, -0.1) is 24.0 Å². The second-order valence-electron chi connectivity index (χ2n) is 8.12. The summed E-state index contributed by atoms with van der Waals surface area (Å²) in [5, 5.41) is 10.1. The van der Waals surface area contributed by atoms with Crippen LogP contribution in [-0.4, -0.2) is 61.1 Å². The smallest absolute Gasteiger partial charge is 0.222 e. The Bertz CT molecular complexity index is 475. The van der Waals surface area contributed by atoms with E-state index in [0.29, 0.717) is 25.0 Å². The molecule has 3 fully saturated rings. The third-order valence-corrected chi connectivity index (χ3v) is 6.07. The predicted molar refractivity (Wildman–Crippen MR) is 122 cm³/mol. The van der Waals surface area contributed by atoms with Gasteiger partial charge in [-0.3, -0.25) is 14.7 Å². The molecule has 2 saturated carbocycles. The monoisotopic (exact) mass is 491 g/mol. The molecule has 0 spiro atoms. The average Bonchev–Trinajstić information content (AvgIpc) is 3.37. The summed E-state index contributed by atoms with van der Waals surface area (Å²) in [6, 6.07) is 1.68. The van der Waals surface area contributed by atoms with Gasteiger partial charge in [-0.1, -0.05) is 25.7 Å². The maximum Gasteiger partial charge on any atom is 0.222 e. The van der Waals surface area contributed by atoms with Crippen LogP contribution in [0.1, 0.15) is 71.1 Å². The Morgan fingerprint density at radius 1 is 1.00 bits per heavy atom. The molecule has 156 valence electrons. The number of hydrogen-bond acceptors (Lipinski definition) is 3. The lowest BCUT2D eigenvalue weighted by molar-refractivity contribution is -0.121. The molecule has 27 heavy (non-hydrogen) atoms. The Kier molecular flexibility index (Phi) is 10.2. The molecule has 3 aliphatic rings. The lowest BCUT2D eigenvalue weighted by atomic mass is 10.2. The van der Waals surface area contributed by atoms with Crippen molar-refractivity contribution in [3.05, 3.63) is 0 Å². The first-order chi connectivity index (χ1) is 12.7. The molecule has 0 bridgehead atoms. The molecule has 1 saturated heterocycles. The van der Waals surface area contributed by atoms with E-state index in [2.05, 4.69) is 32.8 Å². The number of nitrogens with one attached hydrogen (secondary N) is 3. The number of rotatable bonds is 7. The molecule has 1 aliphatic heterocycles. The minimum Gasteiger partial charge on any atom is -0.357 e. The molecule has 1 unspecified atom stereocenters. The van der Waals surface area contributed by atoms with E-state index < -0.39 is 0 Å². The fraction of sp³-hybridized carbons (Fsp3) is 0.900. The van der Waals surface area contributed by atoms with Crippen molar-refractivity contribution in [1.82, 2.24) is 20.9 Å². The maximum absolute atomic E-state index is 12.0. The van der Waals surface area contributed by atoms with Crippen molar-refractivity contribution >= 4 is 35.8 Å². The molecule has 6 nitrogen and oxygen atoms in total. The Morgan fingerprint density at radius 2 is 1.70 bits per heavy atom. The lowest BCUT2D eigenvalue weighted by Crippen LogP contribution is -2.45. The number of carbonyl (C=O) groups excluding carboxylic acids is 1. The molecule has 0 aromatic carbocycles. The standard InChI is InChI=1S/C20H37N5O.HI/c1-2-21-20(22-13-11-19(26)23-16-7-3-4-8-16)24-17-12-14-25(15-17)18-9-5-6-10-18;/h16-18H,2-15H2,1H3,(H,23,26)(H2,21,22,24);1H. The van der Waals surface area contributed by atoms with Crippen LogP contribution in [-0.2, 0) is 4.79 Å². The highest BCUT2D eigenvalue weighted by atomic mass is 127. The van der Waals surface area contributed by atoms with Gasteiger partial charge >= 0.3 is 0 Å². The fourth-order valence-corrected chi connectivity index (χ4v) is 4.66. The first-order valence-electron chi connectivity index (χ1n) is 10.8. The largest absolute Gasteiger partial charge is 0.357 e. The van der Waals surface area contributed by atoms with Gasteiger partial charge < -0.3 is 16.0 Å². The minimum atomic E-state index is 0. The number of carbonyl (C=O) groups is 1. The van der Waals surface area contributed by atoms with E-state index in [9.17, 15) is 4.79 Å². The predicted octanol–water partition coefficient (Wildman–Crippen LogP) is 2.63. The van der Waals surface area contributed by atoms with Gasteiger partial charge in [-0.05, 0) is 39.0 Å². The summed E-state index contributed by atoms with van der Waals surface area (Å²) in [6.45, 7) is 5.80. The molecule has 1 amide bonds. The second kappa shape index (κ2) is 12.1. The van der Waals surface area contributed by atoms with Gasteiger partial charge in [0.1, 0.15) is 0 Å². The summed E-state index contributed by atoms with van der Waals surface area (Å²) in [4.78, 5) is 19.3. The highest BCUT2D eigenvalue weighted by molar-refractivity contribution is 14.0. The average molecular weight is 491 g/mol. The van der Waals surface area contributed by atoms with Crippen LogP contribution in [0.15, 0.2) is 4.99 Å². The number of halogens is 1. The summed E-state index contributed by atoms with van der Waals surface area (Å²) >= 11 is 0. The van der Waals surface area contributed by atoms with E-state index in [4.69, 9.17) is 0 Å². The molecular formula is C20H38IN5O. The minimum absolute atomic E-state index is 0. The number of likely N-dealkylation sites (tertiary alicyclic amines) is 1. The number of nitrogens with zero attached hydrogens (tertiary/aromatic N) is 2. The number of aliphatic imine (C=N–C) groups is 1. The summed E-state index contributed by atoms with van der Waals surface area (Å²) in [5.74, 6) is 1.00. The third-order valence-electron chi connectivity index (χ3n) is 6.07. The molecule has 3 rings (SSSR count). The SMILES string of the molecule is CCNC(=NCCC(=O)NC1CCCC1)NC1CCN(C2CCCC2)C1.I. The van der Waals surface area contributed by atoms with Crippen LogP contribution in [0.25, 0.3) is 0 Å². The first-order valence-corrected chi connectivity index (χ1v) is 10.8. The van der Waals surface area contributed by atoms with Gasteiger partial charge in [-0.2, -0.15) is 0 Å². The quantitative estimate of drug-likeness (QED) is 0.291. The van der Waals surface area contributed by atoms with Gasteiger partial charge in [0.05, 0.1) is 6.54 Å². The Labute approximate surface area is 181 Å². The number of hydrogen-bond donors (Lipinski definition) is 3. The zero-order valence-electron chi connectivity index (χ0n) is 16.8. The van der Waals surface area contributed by atoms with Gasteiger partial charge in [0.2, 0.25) is 5.91 Å². The van der Waals surface area contributed by atoms with Crippen LogP contribution >= 0.6 is 24.0 Å². The maximum atomic E-state index is 12.0. The van der Waals surface area contributed by atoms with Crippen LogP contribution in [0, 0.1) is 0 Å². The summed E-state index contributed by atoms with van der Waals surface area (Å²) in [6.07, 6.45) is 12.0. The van der Waals surface area contributed by atoms with Crippen LogP contribution in [0.5, 0.6) is 0 Å². The van der Waals surface area contributed by atoms with E-state index in [1.165, 1.54) is 51.5 Å². The lowest BCUT2D eigenvalue weighted by Gasteiger charge is -2.24. The number of amides is 1. The highest BCUT2D eigenvalue weighted by Crippen LogP contribution is 2.26. The molecule has 0 aromatic rings. The zero-order chi connectivity index (χ0) is 18.2. The molecule has 1 atom stereocenters. The van der Waals surface area contributed by atoms with Crippen LogP contribution in [0.4, 0.5) is 0 Å². The van der Waals surface area contributed by atoms with E-state index >= 15 is 0 Å².